The number of aryl methyl sites for hydroxylation is 1. The summed E-state index contributed by atoms with van der Waals surface area (Å²) in [5, 5.41) is 6.53. The molecule has 0 atom stereocenters. The molecule has 1 aromatic carbocycles. The summed E-state index contributed by atoms with van der Waals surface area (Å²) in [7, 11) is 1.55. The second kappa shape index (κ2) is 7.36. The SMILES string of the molecule is COc1cc(Cl)c(C)cc1NC(=O)CNCC(C)C. The van der Waals surface area contributed by atoms with Crippen molar-refractivity contribution in [3.8, 4) is 5.75 Å². The normalized spacial score (nSPS) is 10.6. The molecule has 5 heteroatoms. The van der Waals surface area contributed by atoms with Crippen molar-refractivity contribution >= 4 is 23.2 Å². The molecule has 0 saturated carbocycles. The van der Waals surface area contributed by atoms with Gasteiger partial charge < -0.3 is 15.4 Å². The molecule has 2 N–H and O–H groups in total. The first-order valence-electron chi connectivity index (χ1n) is 6.28. The third kappa shape index (κ3) is 5.09. The zero-order valence-electron chi connectivity index (χ0n) is 11.8. The molecule has 1 rings (SSSR count). The van der Waals surface area contributed by atoms with Gasteiger partial charge in [-0.25, -0.2) is 0 Å². The highest BCUT2D eigenvalue weighted by atomic mass is 35.5. The summed E-state index contributed by atoms with van der Waals surface area (Å²) in [6.45, 7) is 7.16. The third-order valence-corrected chi connectivity index (χ3v) is 3.00. The predicted octanol–water partition coefficient (Wildman–Crippen LogP) is 2.84. The van der Waals surface area contributed by atoms with Crippen LogP contribution in [-0.4, -0.2) is 26.1 Å². The van der Waals surface area contributed by atoms with E-state index in [4.69, 9.17) is 16.3 Å². The molecule has 106 valence electrons. The summed E-state index contributed by atoms with van der Waals surface area (Å²) in [6, 6.07) is 3.51. The van der Waals surface area contributed by atoms with Crippen molar-refractivity contribution in [3.63, 3.8) is 0 Å². The minimum atomic E-state index is -0.0966. The Labute approximate surface area is 119 Å². The maximum absolute atomic E-state index is 11.8. The Balaban J connectivity index is 2.65. The van der Waals surface area contributed by atoms with E-state index in [0.29, 0.717) is 22.4 Å². The van der Waals surface area contributed by atoms with E-state index >= 15 is 0 Å². The third-order valence-electron chi connectivity index (χ3n) is 2.59. The van der Waals surface area contributed by atoms with Gasteiger partial charge in [0.2, 0.25) is 5.91 Å². The number of carbonyl (C=O) groups is 1. The first-order chi connectivity index (χ1) is 8.93. The Morgan fingerprint density at radius 1 is 1.42 bits per heavy atom. The molecule has 0 spiro atoms. The van der Waals surface area contributed by atoms with Crippen LogP contribution in [0.5, 0.6) is 5.75 Å². The predicted molar refractivity (Wildman–Crippen MR) is 79.1 cm³/mol. The van der Waals surface area contributed by atoms with Gasteiger partial charge in [-0.3, -0.25) is 4.79 Å². The molecule has 1 aromatic rings. The lowest BCUT2D eigenvalue weighted by Gasteiger charge is -2.13. The van der Waals surface area contributed by atoms with Gasteiger partial charge in [0.15, 0.2) is 0 Å². The summed E-state index contributed by atoms with van der Waals surface area (Å²) in [5.41, 5.74) is 1.54. The molecular formula is C14H21ClN2O2. The molecule has 0 aromatic heterocycles. The standard InChI is InChI=1S/C14H21ClN2O2/c1-9(2)7-16-8-14(18)17-12-5-10(3)11(15)6-13(12)19-4/h5-6,9,16H,7-8H2,1-4H3,(H,17,18). The second-order valence-electron chi connectivity index (χ2n) is 4.87. The number of hydrogen-bond acceptors (Lipinski definition) is 3. The van der Waals surface area contributed by atoms with E-state index in [1.165, 1.54) is 0 Å². The van der Waals surface area contributed by atoms with Crippen molar-refractivity contribution in [1.82, 2.24) is 5.32 Å². The number of amides is 1. The zero-order valence-corrected chi connectivity index (χ0v) is 12.6. The number of nitrogens with one attached hydrogen (secondary N) is 2. The van der Waals surface area contributed by atoms with Gasteiger partial charge in [-0.1, -0.05) is 25.4 Å². The lowest BCUT2D eigenvalue weighted by atomic mass is 10.2. The highest BCUT2D eigenvalue weighted by Crippen LogP contribution is 2.30. The van der Waals surface area contributed by atoms with E-state index in [1.54, 1.807) is 13.2 Å². The van der Waals surface area contributed by atoms with Crippen LogP contribution in [-0.2, 0) is 4.79 Å². The van der Waals surface area contributed by atoms with Crippen molar-refractivity contribution in [2.75, 3.05) is 25.5 Å². The summed E-state index contributed by atoms with van der Waals surface area (Å²) in [6.07, 6.45) is 0. The molecule has 0 bridgehead atoms. The lowest BCUT2D eigenvalue weighted by molar-refractivity contribution is -0.115. The molecule has 0 radical (unpaired) electrons. The monoisotopic (exact) mass is 284 g/mol. The van der Waals surface area contributed by atoms with Crippen LogP contribution in [0.25, 0.3) is 0 Å². The highest BCUT2D eigenvalue weighted by molar-refractivity contribution is 6.31. The zero-order chi connectivity index (χ0) is 14.4. The Hall–Kier alpha value is -1.26. The molecule has 0 aliphatic carbocycles. The fourth-order valence-corrected chi connectivity index (χ4v) is 1.75. The van der Waals surface area contributed by atoms with E-state index in [1.807, 2.05) is 13.0 Å². The summed E-state index contributed by atoms with van der Waals surface area (Å²) in [4.78, 5) is 11.8. The Kier molecular flexibility index (Phi) is 6.12. The molecule has 0 saturated heterocycles. The Morgan fingerprint density at radius 3 is 2.68 bits per heavy atom. The van der Waals surface area contributed by atoms with Gasteiger partial charge in [0.05, 0.1) is 19.3 Å². The van der Waals surface area contributed by atoms with Crippen LogP contribution in [0.1, 0.15) is 19.4 Å². The van der Waals surface area contributed by atoms with Crippen LogP contribution in [0.15, 0.2) is 12.1 Å². The van der Waals surface area contributed by atoms with Crippen molar-refractivity contribution in [3.05, 3.63) is 22.7 Å². The minimum absolute atomic E-state index is 0.0966. The van der Waals surface area contributed by atoms with E-state index in [-0.39, 0.29) is 12.5 Å². The average molecular weight is 285 g/mol. The summed E-state index contributed by atoms with van der Waals surface area (Å²) in [5.74, 6) is 0.980. The van der Waals surface area contributed by atoms with E-state index in [9.17, 15) is 4.79 Å². The van der Waals surface area contributed by atoms with E-state index in [0.717, 1.165) is 12.1 Å². The van der Waals surface area contributed by atoms with Crippen LogP contribution < -0.4 is 15.4 Å². The Bertz CT molecular complexity index is 447. The summed E-state index contributed by atoms with van der Waals surface area (Å²) >= 11 is 6.01. The van der Waals surface area contributed by atoms with Gasteiger partial charge in [0.1, 0.15) is 5.75 Å². The van der Waals surface area contributed by atoms with Gasteiger partial charge >= 0.3 is 0 Å². The van der Waals surface area contributed by atoms with Gasteiger partial charge in [-0.2, -0.15) is 0 Å². The van der Waals surface area contributed by atoms with Crippen LogP contribution >= 0.6 is 11.6 Å². The van der Waals surface area contributed by atoms with Crippen LogP contribution in [0.3, 0.4) is 0 Å². The quantitative estimate of drug-likeness (QED) is 0.844. The first kappa shape index (κ1) is 15.8. The number of halogens is 1. The maximum atomic E-state index is 11.8. The van der Waals surface area contributed by atoms with Gasteiger partial charge in [-0.15, -0.1) is 0 Å². The first-order valence-corrected chi connectivity index (χ1v) is 6.66. The van der Waals surface area contributed by atoms with Crippen LogP contribution in [0.4, 0.5) is 5.69 Å². The molecule has 1 amide bonds. The lowest BCUT2D eigenvalue weighted by Crippen LogP contribution is -2.30. The number of rotatable bonds is 6. The molecule has 19 heavy (non-hydrogen) atoms. The number of benzene rings is 1. The number of anilines is 1. The number of hydrogen-bond donors (Lipinski definition) is 2. The summed E-state index contributed by atoms with van der Waals surface area (Å²) < 4.78 is 5.21. The molecule has 4 nitrogen and oxygen atoms in total. The molecule has 0 fully saturated rings. The molecular weight excluding hydrogens is 264 g/mol. The average Bonchev–Trinajstić information content (AvgIpc) is 2.33. The largest absolute Gasteiger partial charge is 0.495 e. The van der Waals surface area contributed by atoms with Crippen molar-refractivity contribution in [2.45, 2.75) is 20.8 Å². The number of methoxy groups -OCH3 is 1. The smallest absolute Gasteiger partial charge is 0.238 e. The van der Waals surface area contributed by atoms with Gasteiger partial charge in [-0.05, 0) is 31.0 Å². The minimum Gasteiger partial charge on any atom is -0.495 e. The van der Waals surface area contributed by atoms with Crippen molar-refractivity contribution < 1.29 is 9.53 Å². The Morgan fingerprint density at radius 2 is 2.11 bits per heavy atom. The van der Waals surface area contributed by atoms with Gasteiger partial charge in [0.25, 0.3) is 0 Å². The topological polar surface area (TPSA) is 50.4 Å². The highest BCUT2D eigenvalue weighted by Gasteiger charge is 2.10. The molecule has 0 aliphatic heterocycles. The van der Waals surface area contributed by atoms with Crippen molar-refractivity contribution in [1.29, 1.82) is 0 Å². The van der Waals surface area contributed by atoms with E-state index < -0.39 is 0 Å². The van der Waals surface area contributed by atoms with E-state index in [2.05, 4.69) is 24.5 Å². The van der Waals surface area contributed by atoms with Crippen LogP contribution in [0, 0.1) is 12.8 Å². The molecule has 0 unspecified atom stereocenters. The van der Waals surface area contributed by atoms with Crippen LogP contribution in [0.2, 0.25) is 5.02 Å². The maximum Gasteiger partial charge on any atom is 0.238 e. The van der Waals surface area contributed by atoms with Crippen molar-refractivity contribution in [2.24, 2.45) is 5.92 Å². The van der Waals surface area contributed by atoms with Gasteiger partial charge in [0, 0.05) is 11.1 Å². The molecule has 0 aliphatic rings. The fourth-order valence-electron chi connectivity index (χ4n) is 1.60. The fraction of sp³-hybridized carbons (Fsp3) is 0.500. The number of carbonyl (C=O) groups excluding carboxylic acids is 1. The number of ether oxygens (including phenoxy) is 1. The molecule has 0 heterocycles. The second-order valence-corrected chi connectivity index (χ2v) is 5.28.